The molecule has 1 aliphatic rings. The van der Waals surface area contributed by atoms with Crippen molar-refractivity contribution in [3.8, 4) is 0 Å². The van der Waals surface area contributed by atoms with Gasteiger partial charge in [-0.25, -0.2) is 4.68 Å². The number of anilines is 1. The minimum atomic E-state index is -0.389. The summed E-state index contributed by atoms with van der Waals surface area (Å²) in [4.78, 5) is 26.2. The van der Waals surface area contributed by atoms with Gasteiger partial charge in [-0.2, -0.15) is 0 Å². The van der Waals surface area contributed by atoms with Crippen LogP contribution in [0.25, 0.3) is 0 Å². The molecule has 1 heterocycles. The van der Waals surface area contributed by atoms with Gasteiger partial charge in [0.1, 0.15) is 0 Å². The molecule has 8 nitrogen and oxygen atoms in total. The number of amides is 2. The normalized spacial score (nSPS) is 14.7. The van der Waals surface area contributed by atoms with E-state index >= 15 is 0 Å². The summed E-state index contributed by atoms with van der Waals surface area (Å²) in [6.07, 6.45) is 2.13. The number of rotatable bonds is 7. The average molecular weight is 439 g/mol. The van der Waals surface area contributed by atoms with Gasteiger partial charge in [0.05, 0.1) is 23.5 Å². The Labute approximate surface area is 163 Å². The van der Waals surface area contributed by atoms with Crippen LogP contribution >= 0.6 is 27.7 Å². The number of para-hydroxylation sites is 1. The molecule has 2 aromatic rings. The Morgan fingerprint density at radius 3 is 2.85 bits per heavy atom. The van der Waals surface area contributed by atoms with Crippen LogP contribution < -0.4 is 5.32 Å². The quantitative estimate of drug-likeness (QED) is 0.666. The predicted molar refractivity (Wildman–Crippen MR) is 102 cm³/mol. The lowest BCUT2D eigenvalue weighted by molar-refractivity contribution is -0.132. The fourth-order valence-electron chi connectivity index (χ4n) is 2.38. The molecule has 1 aliphatic carbocycles. The second kappa shape index (κ2) is 8.17. The standard InChI is InChI=1S/C16H19BrN6O2S/c1-10(26-16-19-20-21-23(16)11-7-8-11)15(25)22(2)9-14(24)18-13-6-4-3-5-12(13)17/h3-6,10-11H,7-9H2,1-2H3,(H,18,24). The predicted octanol–water partition coefficient (Wildman–Crippen LogP) is 2.35. The number of aromatic nitrogens is 4. The Balaban J connectivity index is 1.54. The summed E-state index contributed by atoms with van der Waals surface area (Å²) >= 11 is 4.69. The molecule has 0 spiro atoms. The van der Waals surface area contributed by atoms with Gasteiger partial charge in [0, 0.05) is 11.5 Å². The Bertz CT molecular complexity index is 810. The molecular formula is C16H19BrN6O2S. The molecule has 138 valence electrons. The third-order valence-electron chi connectivity index (χ3n) is 3.89. The largest absolute Gasteiger partial charge is 0.335 e. The van der Waals surface area contributed by atoms with Crippen LogP contribution in [-0.2, 0) is 9.59 Å². The van der Waals surface area contributed by atoms with Crippen LogP contribution in [0.2, 0.25) is 0 Å². The van der Waals surface area contributed by atoms with Gasteiger partial charge in [0.15, 0.2) is 0 Å². The lowest BCUT2D eigenvalue weighted by Gasteiger charge is -2.20. The fourth-order valence-corrected chi connectivity index (χ4v) is 3.73. The van der Waals surface area contributed by atoms with Crippen molar-refractivity contribution in [2.45, 2.75) is 36.2 Å². The van der Waals surface area contributed by atoms with Crippen LogP contribution in [0.1, 0.15) is 25.8 Å². The van der Waals surface area contributed by atoms with Crippen LogP contribution in [0.15, 0.2) is 33.9 Å². The molecule has 2 amide bonds. The zero-order valence-corrected chi connectivity index (χ0v) is 16.8. The van der Waals surface area contributed by atoms with Crippen LogP contribution in [0.3, 0.4) is 0 Å². The number of hydrogen-bond acceptors (Lipinski definition) is 6. The molecular weight excluding hydrogens is 420 g/mol. The van der Waals surface area contributed by atoms with Gasteiger partial charge in [-0.15, -0.1) is 5.10 Å². The molecule has 0 bridgehead atoms. The molecule has 1 N–H and O–H groups in total. The van der Waals surface area contributed by atoms with E-state index in [1.54, 1.807) is 24.7 Å². The number of halogens is 1. The van der Waals surface area contributed by atoms with Crippen molar-refractivity contribution in [3.05, 3.63) is 28.7 Å². The lowest BCUT2D eigenvalue weighted by atomic mass is 10.3. The first kappa shape index (κ1) is 18.8. The van der Waals surface area contributed by atoms with E-state index in [0.717, 1.165) is 17.3 Å². The highest BCUT2D eigenvalue weighted by atomic mass is 79.9. The van der Waals surface area contributed by atoms with Gasteiger partial charge < -0.3 is 10.2 Å². The first-order chi connectivity index (χ1) is 12.5. The van der Waals surface area contributed by atoms with Crippen LogP contribution in [0.4, 0.5) is 5.69 Å². The molecule has 0 aliphatic heterocycles. The summed E-state index contributed by atoms with van der Waals surface area (Å²) in [7, 11) is 1.61. The second-order valence-electron chi connectivity index (χ2n) is 6.12. The summed E-state index contributed by atoms with van der Waals surface area (Å²) in [5.41, 5.74) is 0.671. The number of benzene rings is 1. The van der Waals surface area contributed by atoms with E-state index in [9.17, 15) is 9.59 Å². The maximum atomic E-state index is 12.6. The lowest BCUT2D eigenvalue weighted by Crippen LogP contribution is -2.39. The van der Waals surface area contributed by atoms with Crippen LogP contribution in [0, 0.1) is 0 Å². The summed E-state index contributed by atoms with van der Waals surface area (Å²) in [5.74, 6) is -0.407. The van der Waals surface area contributed by atoms with Crippen LogP contribution in [0.5, 0.6) is 0 Å². The third kappa shape index (κ3) is 4.61. The second-order valence-corrected chi connectivity index (χ2v) is 8.28. The van der Waals surface area contributed by atoms with E-state index in [0.29, 0.717) is 16.9 Å². The summed E-state index contributed by atoms with van der Waals surface area (Å²) in [5, 5.41) is 14.7. The number of carbonyl (C=O) groups is 2. The molecule has 1 fully saturated rings. The van der Waals surface area contributed by atoms with E-state index in [1.165, 1.54) is 16.7 Å². The van der Waals surface area contributed by atoms with Crippen molar-refractivity contribution in [3.63, 3.8) is 0 Å². The average Bonchev–Trinajstić information content (AvgIpc) is 3.35. The number of thioether (sulfide) groups is 1. The number of hydrogen-bond donors (Lipinski definition) is 1. The van der Waals surface area contributed by atoms with E-state index in [4.69, 9.17) is 0 Å². The Hall–Kier alpha value is -1.94. The number of nitrogens with one attached hydrogen (secondary N) is 1. The van der Waals surface area contributed by atoms with Gasteiger partial charge in [-0.3, -0.25) is 9.59 Å². The van der Waals surface area contributed by atoms with E-state index in [2.05, 4.69) is 36.8 Å². The number of likely N-dealkylation sites (N-methyl/N-ethyl adjacent to an activating group) is 1. The van der Waals surface area contributed by atoms with Gasteiger partial charge in [0.25, 0.3) is 0 Å². The Morgan fingerprint density at radius 2 is 2.15 bits per heavy atom. The molecule has 1 atom stereocenters. The van der Waals surface area contributed by atoms with Crippen molar-refractivity contribution in [1.82, 2.24) is 25.1 Å². The third-order valence-corrected chi connectivity index (χ3v) is 5.62. The highest BCUT2D eigenvalue weighted by Gasteiger charge is 2.30. The Morgan fingerprint density at radius 1 is 1.42 bits per heavy atom. The highest BCUT2D eigenvalue weighted by molar-refractivity contribution is 9.10. The van der Waals surface area contributed by atoms with Gasteiger partial charge >= 0.3 is 0 Å². The molecule has 3 rings (SSSR count). The van der Waals surface area contributed by atoms with Crippen molar-refractivity contribution >= 4 is 45.2 Å². The van der Waals surface area contributed by atoms with Crippen LogP contribution in [-0.4, -0.2) is 55.8 Å². The molecule has 26 heavy (non-hydrogen) atoms. The first-order valence-corrected chi connectivity index (χ1v) is 9.87. The van der Waals surface area contributed by atoms with Crippen molar-refractivity contribution in [2.75, 3.05) is 18.9 Å². The zero-order chi connectivity index (χ0) is 18.7. The molecule has 10 heteroatoms. The topological polar surface area (TPSA) is 93.0 Å². The first-order valence-electron chi connectivity index (χ1n) is 8.19. The number of nitrogens with zero attached hydrogens (tertiary/aromatic N) is 5. The number of carbonyl (C=O) groups excluding carboxylic acids is 2. The highest BCUT2D eigenvalue weighted by Crippen LogP contribution is 2.37. The van der Waals surface area contributed by atoms with Crippen molar-refractivity contribution in [2.24, 2.45) is 0 Å². The summed E-state index contributed by atoms with van der Waals surface area (Å²) in [6, 6.07) is 7.68. The molecule has 1 unspecified atom stereocenters. The zero-order valence-electron chi connectivity index (χ0n) is 14.4. The molecule has 1 aromatic heterocycles. The summed E-state index contributed by atoms with van der Waals surface area (Å²) < 4.78 is 2.56. The molecule has 0 radical (unpaired) electrons. The van der Waals surface area contributed by atoms with Gasteiger partial charge in [-0.1, -0.05) is 23.9 Å². The smallest absolute Gasteiger partial charge is 0.244 e. The maximum absolute atomic E-state index is 12.6. The molecule has 1 saturated carbocycles. The van der Waals surface area contributed by atoms with E-state index < -0.39 is 0 Å². The minimum Gasteiger partial charge on any atom is -0.335 e. The number of tetrazole rings is 1. The van der Waals surface area contributed by atoms with E-state index in [1.807, 2.05) is 18.2 Å². The van der Waals surface area contributed by atoms with E-state index in [-0.39, 0.29) is 23.6 Å². The monoisotopic (exact) mass is 438 g/mol. The SMILES string of the molecule is CC(Sc1nnnn1C1CC1)C(=O)N(C)CC(=O)Nc1ccccc1Br. The summed E-state index contributed by atoms with van der Waals surface area (Å²) in [6.45, 7) is 1.76. The Kier molecular flexibility index (Phi) is 5.92. The minimum absolute atomic E-state index is 0.0291. The van der Waals surface area contributed by atoms with Gasteiger partial charge in [-0.05, 0) is 58.3 Å². The van der Waals surface area contributed by atoms with Crippen molar-refractivity contribution < 1.29 is 9.59 Å². The molecule has 1 aromatic carbocycles. The fraction of sp³-hybridized carbons (Fsp3) is 0.438. The maximum Gasteiger partial charge on any atom is 0.244 e. The van der Waals surface area contributed by atoms with Gasteiger partial charge in [0.2, 0.25) is 17.0 Å². The van der Waals surface area contributed by atoms with Crippen molar-refractivity contribution in [1.29, 1.82) is 0 Å². The molecule has 0 saturated heterocycles.